The molecule has 0 bridgehead atoms. The first kappa shape index (κ1) is 21.9. The highest BCUT2D eigenvalue weighted by atomic mass is 16.5. The van der Waals surface area contributed by atoms with Gasteiger partial charge in [-0.1, -0.05) is 36.4 Å². The summed E-state index contributed by atoms with van der Waals surface area (Å²) < 4.78 is 0. The predicted octanol–water partition coefficient (Wildman–Crippen LogP) is 0.292. The van der Waals surface area contributed by atoms with E-state index in [0.29, 0.717) is 11.1 Å². The SMILES string of the molecule is O=C(NN=[13CH][13C]([13CH2][13C@H](O)[13C@H](O)[13CH2]O)=NNC(=O)c1ccccc1)c1ccccc1. The summed E-state index contributed by atoms with van der Waals surface area (Å²) in [5.41, 5.74) is 5.48. The van der Waals surface area contributed by atoms with Gasteiger partial charge < -0.3 is 15.3 Å². The molecule has 0 saturated carbocycles. The summed E-state index contributed by atoms with van der Waals surface area (Å²) in [4.78, 5) is 24.1. The van der Waals surface area contributed by atoms with Crippen LogP contribution in [-0.4, -0.2) is 57.9 Å². The largest absolute Gasteiger partial charge is 0.394 e. The average molecular weight is 404 g/mol. The number of hydrogen-bond donors (Lipinski definition) is 5. The summed E-state index contributed by atoms with van der Waals surface area (Å²) in [5, 5.41) is 36.1. The Hall–Kier alpha value is -3.40. The number of hydrazone groups is 2. The normalized spacial score (nSPS) is 13.7. The minimum Gasteiger partial charge on any atom is -0.394 e. The van der Waals surface area contributed by atoms with Gasteiger partial charge >= 0.3 is 0 Å². The minimum absolute atomic E-state index is 0.0719. The number of carbonyl (C=O) groups excluding carboxylic acids is 2. The van der Waals surface area contributed by atoms with Crippen molar-refractivity contribution in [3.8, 4) is 0 Å². The van der Waals surface area contributed by atoms with E-state index in [0.717, 1.165) is 6.21 Å². The van der Waals surface area contributed by atoms with Crippen LogP contribution in [0.25, 0.3) is 0 Å². The smallest absolute Gasteiger partial charge is 0.271 e. The molecule has 0 aliphatic carbocycles. The van der Waals surface area contributed by atoms with Crippen LogP contribution < -0.4 is 10.9 Å². The third kappa shape index (κ3) is 7.26. The molecule has 29 heavy (non-hydrogen) atoms. The van der Waals surface area contributed by atoms with Crippen LogP contribution in [0.2, 0.25) is 0 Å². The average Bonchev–Trinajstić information content (AvgIpc) is 2.77. The maximum absolute atomic E-state index is 12.1. The third-order valence-electron chi connectivity index (χ3n) is 3.80. The molecule has 9 heteroatoms. The molecule has 2 aromatic carbocycles. The number of nitrogens with one attached hydrogen (secondary N) is 2. The molecule has 2 amide bonds. The van der Waals surface area contributed by atoms with Crippen LogP contribution in [-0.2, 0) is 0 Å². The van der Waals surface area contributed by atoms with E-state index < -0.39 is 30.6 Å². The molecule has 0 heterocycles. The van der Waals surface area contributed by atoms with Crippen molar-refractivity contribution in [1.82, 2.24) is 10.9 Å². The highest BCUT2D eigenvalue weighted by Gasteiger charge is 2.17. The van der Waals surface area contributed by atoms with Crippen LogP contribution in [0.5, 0.6) is 0 Å². The standard InChI is InChI=1S/C20H22N4O5/c25-13-18(27)17(26)11-16(22-24-20(29)15-9-5-2-6-10-15)12-21-23-19(28)14-7-3-1-4-8-14/h1-10,12,17-18,25-27H,11,13H2,(H,23,28)(H,24,29)/t17-,18+/m0/s1/i11+1,12+1,13+1,16+1,17+1,18+1. The van der Waals surface area contributed by atoms with Crippen molar-refractivity contribution in [1.29, 1.82) is 0 Å². The van der Waals surface area contributed by atoms with Crippen LogP contribution in [0.4, 0.5) is 0 Å². The van der Waals surface area contributed by atoms with Crippen molar-refractivity contribution in [2.75, 3.05) is 6.61 Å². The Bertz CT molecular complexity index is 856. The molecule has 5 N–H and O–H groups in total. The Morgan fingerprint density at radius 2 is 1.38 bits per heavy atom. The van der Waals surface area contributed by atoms with Gasteiger partial charge in [-0.3, -0.25) is 9.59 Å². The molecular formula is C20H22N4O5. The second-order valence-electron chi connectivity index (χ2n) is 6.00. The van der Waals surface area contributed by atoms with Gasteiger partial charge in [-0.2, -0.15) is 10.2 Å². The predicted molar refractivity (Wildman–Crippen MR) is 107 cm³/mol. The van der Waals surface area contributed by atoms with E-state index in [9.17, 15) is 19.8 Å². The Kier molecular flexibility index (Phi) is 8.64. The summed E-state index contributed by atoms with van der Waals surface area (Å²) in [6.45, 7) is -0.646. The van der Waals surface area contributed by atoms with Gasteiger partial charge in [0.15, 0.2) is 0 Å². The summed E-state index contributed by atoms with van der Waals surface area (Å²) >= 11 is 0. The van der Waals surface area contributed by atoms with E-state index in [1.54, 1.807) is 60.7 Å². The number of carbonyl (C=O) groups is 2. The third-order valence-corrected chi connectivity index (χ3v) is 3.80. The van der Waals surface area contributed by atoms with Crippen LogP contribution in [0.1, 0.15) is 27.1 Å². The summed E-state index contributed by atoms with van der Waals surface area (Å²) in [5.74, 6) is -0.938. The van der Waals surface area contributed by atoms with Gasteiger partial charge in [0.05, 0.1) is 24.6 Å². The lowest BCUT2D eigenvalue weighted by atomic mass is 10.2. The lowest BCUT2D eigenvalue weighted by Gasteiger charge is -2.15. The van der Waals surface area contributed by atoms with Crippen LogP contribution in [0.3, 0.4) is 0 Å². The maximum atomic E-state index is 12.1. The number of benzene rings is 2. The summed E-state index contributed by atoms with van der Waals surface area (Å²) in [6, 6.07) is 16.8. The van der Waals surface area contributed by atoms with Gasteiger partial charge in [0.25, 0.3) is 11.8 Å². The Morgan fingerprint density at radius 1 is 0.862 bits per heavy atom. The fourth-order valence-electron chi connectivity index (χ4n) is 2.20. The highest BCUT2D eigenvalue weighted by molar-refractivity contribution is 6.31. The fourth-order valence-corrected chi connectivity index (χ4v) is 2.20. The van der Waals surface area contributed by atoms with E-state index in [-0.39, 0.29) is 12.1 Å². The first-order valence-electron chi connectivity index (χ1n) is 8.78. The molecule has 0 radical (unpaired) electrons. The Morgan fingerprint density at radius 3 is 1.90 bits per heavy atom. The van der Waals surface area contributed by atoms with Gasteiger partial charge in [-0.25, -0.2) is 10.9 Å². The molecule has 0 spiro atoms. The maximum Gasteiger partial charge on any atom is 0.271 e. The fraction of sp³-hybridized carbons (Fsp3) is 0.200. The number of nitrogens with zero attached hydrogens (tertiary/aromatic N) is 2. The second kappa shape index (κ2) is 11.4. The Labute approximate surface area is 167 Å². The van der Waals surface area contributed by atoms with Crippen LogP contribution in [0, 0.1) is 0 Å². The molecule has 2 atom stereocenters. The van der Waals surface area contributed by atoms with Crippen molar-refractivity contribution in [2.24, 2.45) is 10.2 Å². The van der Waals surface area contributed by atoms with E-state index in [4.69, 9.17) is 5.11 Å². The molecule has 2 aromatic rings. The molecule has 0 fully saturated rings. The van der Waals surface area contributed by atoms with E-state index in [1.165, 1.54) is 0 Å². The van der Waals surface area contributed by atoms with Crippen molar-refractivity contribution in [2.45, 2.75) is 18.6 Å². The van der Waals surface area contributed by atoms with Gasteiger partial charge in [0.1, 0.15) is 6.10 Å². The summed E-state index contributed by atoms with van der Waals surface area (Å²) in [6.07, 6.45) is -1.82. The van der Waals surface area contributed by atoms with Gasteiger partial charge in [0, 0.05) is 17.5 Å². The lowest BCUT2D eigenvalue weighted by molar-refractivity contribution is -0.00975. The first-order chi connectivity index (χ1) is 14.0. The van der Waals surface area contributed by atoms with Gasteiger partial charge in [0.2, 0.25) is 0 Å². The van der Waals surface area contributed by atoms with Crippen molar-refractivity contribution in [3.63, 3.8) is 0 Å². The van der Waals surface area contributed by atoms with Crippen molar-refractivity contribution >= 4 is 23.7 Å². The molecule has 152 valence electrons. The topological polar surface area (TPSA) is 144 Å². The minimum atomic E-state index is -1.39. The lowest BCUT2D eigenvalue weighted by Crippen LogP contribution is -2.33. The molecule has 0 unspecified atom stereocenters. The van der Waals surface area contributed by atoms with E-state index in [1.807, 2.05) is 0 Å². The van der Waals surface area contributed by atoms with Crippen LogP contribution in [0.15, 0.2) is 70.9 Å². The molecule has 2 rings (SSSR count). The number of rotatable bonds is 9. The molecular weight excluding hydrogens is 382 g/mol. The number of aliphatic hydroxyl groups is 3. The number of amides is 2. The van der Waals surface area contributed by atoms with Crippen molar-refractivity contribution in [3.05, 3.63) is 71.8 Å². The zero-order valence-corrected chi connectivity index (χ0v) is 15.5. The highest BCUT2D eigenvalue weighted by Crippen LogP contribution is 2.02. The molecule has 9 nitrogen and oxygen atoms in total. The Balaban J connectivity index is 2.07. The molecule has 0 saturated heterocycles. The zero-order valence-electron chi connectivity index (χ0n) is 15.5. The molecule has 0 aliphatic heterocycles. The second-order valence-corrected chi connectivity index (χ2v) is 6.00. The monoisotopic (exact) mass is 404 g/mol. The quantitative estimate of drug-likeness (QED) is 0.232. The molecule has 0 aromatic heterocycles. The summed E-state index contributed by atoms with van der Waals surface area (Å²) in [7, 11) is 0. The van der Waals surface area contributed by atoms with Gasteiger partial charge in [-0.05, 0) is 24.3 Å². The van der Waals surface area contributed by atoms with Crippen LogP contribution >= 0.6 is 0 Å². The first-order valence-corrected chi connectivity index (χ1v) is 8.78. The van der Waals surface area contributed by atoms with E-state index in [2.05, 4.69) is 21.1 Å². The molecule has 0 aliphatic rings. The zero-order chi connectivity index (χ0) is 21.1. The number of aliphatic hydroxyl groups excluding tert-OH is 3. The van der Waals surface area contributed by atoms with Gasteiger partial charge in [-0.15, -0.1) is 0 Å². The van der Waals surface area contributed by atoms with Crippen molar-refractivity contribution < 1.29 is 24.9 Å². The van der Waals surface area contributed by atoms with E-state index >= 15 is 0 Å². The number of hydrogen-bond acceptors (Lipinski definition) is 7.